The maximum atomic E-state index is 6.12. The van der Waals surface area contributed by atoms with E-state index >= 15 is 0 Å². The monoisotopic (exact) mass is 388 g/mol. The van der Waals surface area contributed by atoms with Crippen molar-refractivity contribution < 1.29 is 0 Å². The number of nitrogens with zero attached hydrogens (tertiary/aromatic N) is 5. The van der Waals surface area contributed by atoms with E-state index in [1.165, 1.54) is 16.9 Å². The van der Waals surface area contributed by atoms with Crippen molar-refractivity contribution in [2.45, 2.75) is 20.3 Å². The summed E-state index contributed by atoms with van der Waals surface area (Å²) < 4.78 is 1.95. The molecule has 6 nitrogen and oxygen atoms in total. The first-order valence-corrected chi connectivity index (χ1v) is 9.82. The quantitative estimate of drug-likeness (QED) is 0.646. The van der Waals surface area contributed by atoms with Crippen LogP contribution in [0.5, 0.6) is 0 Å². The van der Waals surface area contributed by atoms with Crippen LogP contribution >= 0.6 is 11.6 Å². The molecule has 1 aliphatic heterocycles. The van der Waals surface area contributed by atoms with Crippen LogP contribution in [0.15, 0.2) is 29.3 Å². The van der Waals surface area contributed by atoms with Crippen molar-refractivity contribution in [1.82, 2.24) is 20.0 Å². The highest BCUT2D eigenvalue weighted by Crippen LogP contribution is 2.20. The van der Waals surface area contributed by atoms with Gasteiger partial charge < -0.3 is 15.1 Å². The SMILES string of the molecule is CN=C(NCCc1c(C)nn(C)c1C)N1CCN(c2cccc(Cl)c2)CC1. The summed E-state index contributed by atoms with van der Waals surface area (Å²) >= 11 is 6.12. The molecule has 2 heterocycles. The van der Waals surface area contributed by atoms with Gasteiger partial charge in [0.25, 0.3) is 0 Å². The number of aliphatic imine (C=N–C) groups is 1. The number of halogens is 1. The predicted molar refractivity (Wildman–Crippen MR) is 113 cm³/mol. The summed E-state index contributed by atoms with van der Waals surface area (Å²) in [5, 5.41) is 8.79. The third kappa shape index (κ3) is 4.56. The maximum Gasteiger partial charge on any atom is 0.193 e. The van der Waals surface area contributed by atoms with Gasteiger partial charge in [-0.15, -0.1) is 0 Å². The lowest BCUT2D eigenvalue weighted by atomic mass is 10.1. The van der Waals surface area contributed by atoms with Crippen LogP contribution in [0, 0.1) is 13.8 Å². The molecule has 1 N–H and O–H groups in total. The van der Waals surface area contributed by atoms with Crippen LogP contribution in [-0.2, 0) is 13.5 Å². The van der Waals surface area contributed by atoms with Gasteiger partial charge in [-0.2, -0.15) is 5.10 Å². The van der Waals surface area contributed by atoms with Gasteiger partial charge in [0, 0.05) is 63.2 Å². The third-order valence-corrected chi connectivity index (χ3v) is 5.52. The average molecular weight is 389 g/mol. The topological polar surface area (TPSA) is 48.7 Å². The van der Waals surface area contributed by atoms with Crippen molar-refractivity contribution in [3.63, 3.8) is 0 Å². The molecule has 1 aliphatic rings. The van der Waals surface area contributed by atoms with Crippen LogP contribution in [0.2, 0.25) is 5.02 Å². The van der Waals surface area contributed by atoms with Crippen LogP contribution in [0.3, 0.4) is 0 Å². The third-order valence-electron chi connectivity index (χ3n) is 5.28. The fourth-order valence-corrected chi connectivity index (χ4v) is 3.84. The molecule has 0 unspecified atom stereocenters. The van der Waals surface area contributed by atoms with Gasteiger partial charge in [0.2, 0.25) is 0 Å². The van der Waals surface area contributed by atoms with Crippen LogP contribution in [-0.4, -0.2) is 60.4 Å². The van der Waals surface area contributed by atoms with Gasteiger partial charge in [-0.1, -0.05) is 17.7 Å². The van der Waals surface area contributed by atoms with Crippen molar-refractivity contribution in [1.29, 1.82) is 0 Å². The Morgan fingerprint density at radius 1 is 1.22 bits per heavy atom. The number of aryl methyl sites for hydroxylation is 2. The molecule has 146 valence electrons. The second-order valence-corrected chi connectivity index (χ2v) is 7.39. The zero-order valence-corrected chi connectivity index (χ0v) is 17.4. The fourth-order valence-electron chi connectivity index (χ4n) is 3.66. The number of hydrogen-bond donors (Lipinski definition) is 1. The molecule has 1 fully saturated rings. The van der Waals surface area contributed by atoms with E-state index in [-0.39, 0.29) is 0 Å². The highest BCUT2D eigenvalue weighted by atomic mass is 35.5. The molecule has 0 radical (unpaired) electrons. The molecule has 2 aromatic rings. The van der Waals surface area contributed by atoms with E-state index in [0.29, 0.717) is 0 Å². The molecule has 1 aromatic carbocycles. The molecular formula is C20H29ClN6. The lowest BCUT2D eigenvalue weighted by Gasteiger charge is -2.37. The van der Waals surface area contributed by atoms with E-state index in [9.17, 15) is 0 Å². The summed E-state index contributed by atoms with van der Waals surface area (Å²) in [4.78, 5) is 9.17. The summed E-state index contributed by atoms with van der Waals surface area (Å²) in [6.07, 6.45) is 0.951. The number of piperazine rings is 1. The summed E-state index contributed by atoms with van der Waals surface area (Å²) in [7, 11) is 3.85. The molecular weight excluding hydrogens is 360 g/mol. The zero-order chi connectivity index (χ0) is 19.4. The van der Waals surface area contributed by atoms with E-state index in [2.05, 4.69) is 45.1 Å². The Labute approximate surface area is 166 Å². The van der Waals surface area contributed by atoms with Crippen molar-refractivity contribution in [2.75, 3.05) is 44.7 Å². The first-order chi connectivity index (χ1) is 13.0. The molecule has 27 heavy (non-hydrogen) atoms. The Morgan fingerprint density at radius 2 is 1.96 bits per heavy atom. The summed E-state index contributed by atoms with van der Waals surface area (Å²) in [5.41, 5.74) is 4.86. The second-order valence-electron chi connectivity index (χ2n) is 6.95. The van der Waals surface area contributed by atoms with E-state index in [4.69, 9.17) is 11.6 Å². The van der Waals surface area contributed by atoms with E-state index in [0.717, 1.165) is 55.8 Å². The Kier molecular flexibility index (Phi) is 6.26. The van der Waals surface area contributed by atoms with Gasteiger partial charge in [0.15, 0.2) is 5.96 Å². The van der Waals surface area contributed by atoms with Crippen LogP contribution in [0.1, 0.15) is 17.0 Å². The molecule has 3 rings (SSSR count). The van der Waals surface area contributed by atoms with Crippen molar-refractivity contribution in [2.24, 2.45) is 12.0 Å². The first-order valence-electron chi connectivity index (χ1n) is 9.44. The number of benzene rings is 1. The Morgan fingerprint density at radius 3 is 2.56 bits per heavy atom. The molecule has 0 saturated carbocycles. The van der Waals surface area contributed by atoms with Gasteiger partial charge in [0.05, 0.1) is 5.69 Å². The number of aromatic nitrogens is 2. The standard InChI is InChI=1S/C20H29ClN6/c1-15-19(16(2)25(4)24-15)8-9-23-20(22-3)27-12-10-26(11-13-27)18-7-5-6-17(21)14-18/h5-7,14H,8-13H2,1-4H3,(H,22,23). The van der Waals surface area contributed by atoms with Crippen LogP contribution in [0.25, 0.3) is 0 Å². The molecule has 0 amide bonds. The van der Waals surface area contributed by atoms with E-state index < -0.39 is 0 Å². The molecule has 1 aromatic heterocycles. The van der Waals surface area contributed by atoms with E-state index in [1.54, 1.807) is 0 Å². The van der Waals surface area contributed by atoms with Crippen LogP contribution < -0.4 is 10.2 Å². The van der Waals surface area contributed by atoms with Gasteiger partial charge in [-0.05, 0) is 44.0 Å². The lowest BCUT2D eigenvalue weighted by molar-refractivity contribution is 0.373. The van der Waals surface area contributed by atoms with Gasteiger partial charge >= 0.3 is 0 Å². The normalized spacial score (nSPS) is 15.4. The Balaban J connectivity index is 1.52. The molecule has 0 bridgehead atoms. The minimum absolute atomic E-state index is 0.786. The smallest absolute Gasteiger partial charge is 0.193 e. The summed E-state index contributed by atoms with van der Waals surface area (Å²) in [5.74, 6) is 0.972. The molecule has 7 heteroatoms. The summed E-state index contributed by atoms with van der Waals surface area (Å²) in [6.45, 7) is 8.86. The number of anilines is 1. The number of rotatable bonds is 4. The minimum atomic E-state index is 0.786. The van der Waals surface area contributed by atoms with Gasteiger partial charge in [-0.3, -0.25) is 9.67 Å². The molecule has 0 spiro atoms. The highest BCUT2D eigenvalue weighted by Gasteiger charge is 2.20. The first kappa shape index (κ1) is 19.5. The molecule has 0 atom stereocenters. The number of hydrogen-bond acceptors (Lipinski definition) is 3. The van der Waals surface area contributed by atoms with Gasteiger partial charge in [-0.25, -0.2) is 0 Å². The van der Waals surface area contributed by atoms with Crippen LogP contribution in [0.4, 0.5) is 5.69 Å². The fraction of sp³-hybridized carbons (Fsp3) is 0.500. The van der Waals surface area contributed by atoms with Crippen molar-refractivity contribution >= 4 is 23.2 Å². The van der Waals surface area contributed by atoms with Crippen molar-refractivity contribution in [3.05, 3.63) is 46.2 Å². The average Bonchev–Trinajstić information content (AvgIpc) is 2.91. The largest absolute Gasteiger partial charge is 0.368 e. The molecule has 0 aliphatic carbocycles. The molecule has 1 saturated heterocycles. The number of nitrogens with one attached hydrogen (secondary N) is 1. The maximum absolute atomic E-state index is 6.12. The summed E-state index contributed by atoms with van der Waals surface area (Å²) in [6, 6.07) is 8.07. The van der Waals surface area contributed by atoms with Gasteiger partial charge in [0.1, 0.15) is 0 Å². The Bertz CT molecular complexity index is 805. The minimum Gasteiger partial charge on any atom is -0.368 e. The lowest BCUT2D eigenvalue weighted by Crippen LogP contribution is -2.52. The zero-order valence-electron chi connectivity index (χ0n) is 16.7. The van der Waals surface area contributed by atoms with E-state index in [1.807, 2.05) is 37.0 Å². The Hall–Kier alpha value is -2.21. The predicted octanol–water partition coefficient (Wildman–Crippen LogP) is 2.63. The number of guanidine groups is 1. The van der Waals surface area contributed by atoms with Crippen molar-refractivity contribution in [3.8, 4) is 0 Å². The second kappa shape index (κ2) is 8.65. The highest BCUT2D eigenvalue weighted by molar-refractivity contribution is 6.30.